The van der Waals surface area contributed by atoms with Crippen LogP contribution in [0.15, 0.2) is 29.2 Å². The van der Waals surface area contributed by atoms with E-state index in [1.54, 1.807) is 31.3 Å². The van der Waals surface area contributed by atoms with E-state index in [0.717, 1.165) is 5.56 Å². The maximum Gasteiger partial charge on any atom is 0.243 e. The molecule has 3 N–H and O–H groups in total. The van der Waals surface area contributed by atoms with Gasteiger partial charge in [-0.25, -0.2) is 8.42 Å². The minimum Gasteiger partial charge on any atom is -0.352 e. The quantitative estimate of drug-likeness (QED) is 0.731. The van der Waals surface area contributed by atoms with Gasteiger partial charge in [0.25, 0.3) is 0 Å². The Kier molecular flexibility index (Phi) is 9.38. The van der Waals surface area contributed by atoms with Crippen molar-refractivity contribution in [3.05, 3.63) is 29.8 Å². The number of nitrogens with zero attached hydrogens (tertiary/aromatic N) is 1. The molecule has 0 radical (unpaired) electrons. The van der Waals surface area contributed by atoms with E-state index >= 15 is 0 Å². The van der Waals surface area contributed by atoms with Crippen LogP contribution in [0.2, 0.25) is 0 Å². The second-order valence-electron chi connectivity index (χ2n) is 5.43. The number of hydrogen-bond acceptors (Lipinski definition) is 4. The van der Waals surface area contributed by atoms with Crippen molar-refractivity contribution in [2.24, 2.45) is 5.73 Å². The number of rotatable bonds is 8. The zero-order chi connectivity index (χ0) is 16.8. The van der Waals surface area contributed by atoms with Crippen LogP contribution in [0.25, 0.3) is 0 Å². The highest BCUT2D eigenvalue weighted by Crippen LogP contribution is 2.17. The maximum absolute atomic E-state index is 12.3. The largest absolute Gasteiger partial charge is 0.352 e. The number of nitrogens with one attached hydrogen (secondary N) is 1. The van der Waals surface area contributed by atoms with Crippen molar-refractivity contribution in [2.75, 3.05) is 13.6 Å². The van der Waals surface area contributed by atoms with Gasteiger partial charge in [-0.3, -0.25) is 4.79 Å². The molecule has 8 heteroatoms. The first kappa shape index (κ1) is 21.9. The Hall–Kier alpha value is -1.15. The normalized spacial score (nSPS) is 11.4. The Balaban J connectivity index is 0.00000484. The van der Waals surface area contributed by atoms with Crippen molar-refractivity contribution in [2.45, 2.75) is 44.2 Å². The number of halogens is 1. The molecular formula is C15H26ClN3O3S. The summed E-state index contributed by atoms with van der Waals surface area (Å²) in [6.07, 6.45) is 1.06. The van der Waals surface area contributed by atoms with E-state index in [2.05, 4.69) is 5.32 Å². The fraction of sp³-hybridized carbons (Fsp3) is 0.533. The number of carbonyl (C=O) groups is 1. The van der Waals surface area contributed by atoms with E-state index in [1.807, 2.05) is 13.8 Å². The molecule has 23 heavy (non-hydrogen) atoms. The molecule has 0 fully saturated rings. The number of carbonyl (C=O) groups excluding carboxylic acids is 1. The van der Waals surface area contributed by atoms with Gasteiger partial charge in [0.15, 0.2) is 0 Å². The van der Waals surface area contributed by atoms with Crippen LogP contribution >= 0.6 is 12.4 Å². The number of benzene rings is 1. The van der Waals surface area contributed by atoms with Crippen molar-refractivity contribution in [3.8, 4) is 0 Å². The number of nitrogens with two attached hydrogens (primary N) is 1. The van der Waals surface area contributed by atoms with Crippen LogP contribution in [0, 0.1) is 0 Å². The fourth-order valence-corrected chi connectivity index (χ4v) is 3.14. The highest BCUT2D eigenvalue weighted by molar-refractivity contribution is 7.89. The smallest absolute Gasteiger partial charge is 0.243 e. The van der Waals surface area contributed by atoms with E-state index in [9.17, 15) is 13.2 Å². The third kappa shape index (κ3) is 6.47. The van der Waals surface area contributed by atoms with E-state index in [4.69, 9.17) is 5.73 Å². The van der Waals surface area contributed by atoms with Crippen LogP contribution in [-0.4, -0.2) is 38.3 Å². The molecule has 0 aromatic heterocycles. The molecule has 0 bridgehead atoms. The first-order chi connectivity index (χ1) is 10.3. The summed E-state index contributed by atoms with van der Waals surface area (Å²) in [5.41, 5.74) is 6.20. The van der Waals surface area contributed by atoms with Crippen LogP contribution in [0.1, 0.15) is 32.3 Å². The molecule has 6 nitrogen and oxygen atoms in total. The van der Waals surface area contributed by atoms with Crippen molar-refractivity contribution in [1.82, 2.24) is 9.62 Å². The number of hydrogen-bond donors (Lipinski definition) is 2. The zero-order valence-corrected chi connectivity index (χ0v) is 15.4. The molecular weight excluding hydrogens is 338 g/mol. The lowest BCUT2D eigenvalue weighted by molar-refractivity contribution is -0.121. The van der Waals surface area contributed by atoms with Gasteiger partial charge < -0.3 is 11.1 Å². The number of amides is 1. The first-order valence-electron chi connectivity index (χ1n) is 7.32. The lowest BCUT2D eigenvalue weighted by Gasteiger charge is -2.21. The van der Waals surface area contributed by atoms with E-state index in [0.29, 0.717) is 25.9 Å². The molecule has 0 heterocycles. The third-order valence-corrected chi connectivity index (χ3v) is 5.47. The average molecular weight is 364 g/mol. The minimum atomic E-state index is -3.47. The lowest BCUT2D eigenvalue weighted by atomic mass is 10.2. The van der Waals surface area contributed by atoms with Gasteiger partial charge in [-0.05, 0) is 44.5 Å². The summed E-state index contributed by atoms with van der Waals surface area (Å²) in [6.45, 7) is 4.51. The van der Waals surface area contributed by atoms with Crippen LogP contribution in [0.5, 0.6) is 0 Å². The molecule has 0 spiro atoms. The molecule has 1 aromatic carbocycles. The van der Waals surface area contributed by atoms with Gasteiger partial charge >= 0.3 is 0 Å². The molecule has 0 aliphatic carbocycles. The molecule has 1 aromatic rings. The van der Waals surface area contributed by atoms with E-state index in [1.165, 1.54) is 4.31 Å². The van der Waals surface area contributed by atoms with Crippen LogP contribution in [0.3, 0.4) is 0 Å². The van der Waals surface area contributed by atoms with Crippen LogP contribution in [-0.2, 0) is 21.4 Å². The minimum absolute atomic E-state index is 0. The molecule has 0 saturated carbocycles. The summed E-state index contributed by atoms with van der Waals surface area (Å²) in [5, 5.41) is 2.78. The van der Waals surface area contributed by atoms with Gasteiger partial charge in [0, 0.05) is 26.1 Å². The van der Waals surface area contributed by atoms with Gasteiger partial charge in [-0.1, -0.05) is 12.1 Å². The summed E-state index contributed by atoms with van der Waals surface area (Å²) < 4.78 is 26.0. The Morgan fingerprint density at radius 3 is 2.30 bits per heavy atom. The topological polar surface area (TPSA) is 92.5 Å². The molecule has 0 saturated heterocycles. The summed E-state index contributed by atoms with van der Waals surface area (Å²) in [6, 6.07) is 6.45. The van der Waals surface area contributed by atoms with Gasteiger partial charge in [0.2, 0.25) is 15.9 Å². The Morgan fingerprint density at radius 1 is 1.26 bits per heavy atom. The molecule has 0 aliphatic rings. The molecule has 132 valence electrons. The van der Waals surface area contributed by atoms with Gasteiger partial charge in [-0.2, -0.15) is 4.31 Å². The second kappa shape index (κ2) is 9.87. The highest BCUT2D eigenvalue weighted by atomic mass is 35.5. The first-order valence-corrected chi connectivity index (χ1v) is 8.76. The lowest BCUT2D eigenvalue weighted by Crippen LogP contribution is -2.33. The highest BCUT2D eigenvalue weighted by Gasteiger charge is 2.22. The van der Waals surface area contributed by atoms with Crippen LogP contribution < -0.4 is 11.1 Å². The molecule has 0 aliphatic heterocycles. The standard InChI is InChI=1S/C15H25N3O3S.ClH/c1-12(2)18(3)22(20,21)14-8-6-13(7-9-14)11-17-15(19)5-4-10-16;/h6-9,12H,4-5,10-11,16H2,1-3H3,(H,17,19);1H. The second-order valence-corrected chi connectivity index (χ2v) is 7.43. The SMILES string of the molecule is CC(C)N(C)S(=O)(=O)c1ccc(CNC(=O)CCCN)cc1.Cl. The van der Waals surface area contributed by atoms with E-state index in [-0.39, 0.29) is 29.3 Å². The Morgan fingerprint density at radius 2 is 1.83 bits per heavy atom. The fourth-order valence-electron chi connectivity index (χ4n) is 1.77. The summed E-state index contributed by atoms with van der Waals surface area (Å²) in [4.78, 5) is 11.7. The molecule has 0 atom stereocenters. The van der Waals surface area contributed by atoms with E-state index < -0.39 is 10.0 Å². The summed E-state index contributed by atoms with van der Waals surface area (Å²) in [7, 11) is -1.91. The Bertz CT molecular complexity index is 588. The number of sulfonamides is 1. The molecule has 1 rings (SSSR count). The maximum atomic E-state index is 12.3. The zero-order valence-electron chi connectivity index (χ0n) is 13.8. The average Bonchev–Trinajstić information content (AvgIpc) is 2.50. The van der Waals surface area contributed by atoms with Gasteiger partial charge in [-0.15, -0.1) is 12.4 Å². The van der Waals surface area contributed by atoms with Gasteiger partial charge in [0.1, 0.15) is 0 Å². The van der Waals surface area contributed by atoms with Crippen molar-refractivity contribution >= 4 is 28.3 Å². The predicted molar refractivity (Wildman–Crippen MR) is 93.9 cm³/mol. The van der Waals surface area contributed by atoms with Crippen LogP contribution in [0.4, 0.5) is 0 Å². The predicted octanol–water partition coefficient (Wildman–Crippen LogP) is 1.49. The van der Waals surface area contributed by atoms with Crippen molar-refractivity contribution < 1.29 is 13.2 Å². The summed E-state index contributed by atoms with van der Waals surface area (Å²) in [5.74, 6) is -0.0540. The monoisotopic (exact) mass is 363 g/mol. The molecule has 0 unspecified atom stereocenters. The van der Waals surface area contributed by atoms with Gasteiger partial charge in [0.05, 0.1) is 4.90 Å². The summed E-state index contributed by atoms with van der Waals surface area (Å²) >= 11 is 0. The van der Waals surface area contributed by atoms with Crippen molar-refractivity contribution in [3.63, 3.8) is 0 Å². The third-order valence-electron chi connectivity index (χ3n) is 3.43. The molecule has 1 amide bonds. The Labute approximate surface area is 144 Å². The van der Waals surface area contributed by atoms with Crippen molar-refractivity contribution in [1.29, 1.82) is 0 Å².